The van der Waals surface area contributed by atoms with Gasteiger partial charge in [0.2, 0.25) is 5.91 Å². The van der Waals surface area contributed by atoms with Crippen LogP contribution in [0.5, 0.6) is 0 Å². The van der Waals surface area contributed by atoms with E-state index in [-0.39, 0.29) is 11.8 Å². The van der Waals surface area contributed by atoms with Gasteiger partial charge in [0.15, 0.2) is 12.2 Å². The van der Waals surface area contributed by atoms with Crippen LogP contribution >= 0.6 is 0 Å². The van der Waals surface area contributed by atoms with Gasteiger partial charge >= 0.3 is 0 Å². The number of pyridine rings is 2. The highest BCUT2D eigenvalue weighted by Crippen LogP contribution is 2.29. The van der Waals surface area contributed by atoms with Crippen molar-refractivity contribution >= 4 is 22.6 Å². The van der Waals surface area contributed by atoms with Crippen LogP contribution in [0.4, 0.5) is 5.82 Å². The van der Waals surface area contributed by atoms with Gasteiger partial charge in [-0.05, 0) is 37.8 Å². The number of nitrogens with one attached hydrogen (secondary N) is 1. The number of hydrogen-bond acceptors (Lipinski definition) is 7. The van der Waals surface area contributed by atoms with Crippen LogP contribution in [0.15, 0.2) is 41.4 Å². The molecule has 0 atom stereocenters. The first-order valence-electron chi connectivity index (χ1n) is 10.5. The molecule has 0 unspecified atom stereocenters. The summed E-state index contributed by atoms with van der Waals surface area (Å²) in [5, 5.41) is 3.90. The maximum absolute atomic E-state index is 12.8. The minimum atomic E-state index is 0.0354. The number of anilines is 1. The number of aromatic nitrogens is 3. The summed E-state index contributed by atoms with van der Waals surface area (Å²) in [7, 11) is 0. The molecule has 2 fully saturated rings. The third kappa shape index (κ3) is 4.06. The number of carbonyl (C=O) groups is 1. The van der Waals surface area contributed by atoms with Crippen LogP contribution in [0.2, 0.25) is 0 Å². The van der Waals surface area contributed by atoms with E-state index < -0.39 is 0 Å². The van der Waals surface area contributed by atoms with Crippen LogP contribution in [-0.4, -0.2) is 58.1 Å². The Hall–Kier alpha value is -2.84. The van der Waals surface area contributed by atoms with Crippen molar-refractivity contribution < 1.29 is 13.9 Å². The Balaban J connectivity index is 1.23. The number of rotatable bonds is 4. The average Bonchev–Trinajstić information content (AvgIpc) is 3.34. The molecule has 3 aromatic heterocycles. The van der Waals surface area contributed by atoms with E-state index in [0.29, 0.717) is 23.3 Å². The topological polar surface area (TPSA) is 93.4 Å². The lowest BCUT2D eigenvalue weighted by Crippen LogP contribution is -2.45. The van der Waals surface area contributed by atoms with Gasteiger partial charge < -0.3 is 14.5 Å². The second-order valence-electron chi connectivity index (χ2n) is 7.97. The molecular weight excluding hydrogens is 382 g/mol. The van der Waals surface area contributed by atoms with Gasteiger partial charge in [0, 0.05) is 42.7 Å². The molecule has 156 valence electrons. The average molecular weight is 407 g/mol. The normalized spacial score (nSPS) is 22.8. The molecule has 0 radical (unpaired) electrons. The molecule has 2 aliphatic rings. The quantitative estimate of drug-likeness (QED) is 0.710. The Morgan fingerprint density at radius 2 is 1.93 bits per heavy atom. The first-order chi connectivity index (χ1) is 14.8. The molecule has 4 heterocycles. The number of oxazole rings is 1. The lowest BCUT2D eigenvalue weighted by atomic mass is 9.84. The van der Waals surface area contributed by atoms with Crippen LogP contribution in [-0.2, 0) is 9.53 Å². The smallest absolute Gasteiger partial charge is 0.228 e. The summed E-state index contributed by atoms with van der Waals surface area (Å²) in [5.41, 5.74) is 1.45. The Morgan fingerprint density at radius 1 is 1.10 bits per heavy atom. The Kier molecular flexibility index (Phi) is 5.42. The molecule has 8 heteroatoms. The molecule has 5 rings (SSSR count). The minimum absolute atomic E-state index is 0.0354. The van der Waals surface area contributed by atoms with Crippen molar-refractivity contribution in [2.45, 2.75) is 31.7 Å². The standard InChI is InChI=1S/C22H25N5O3/c28-22(15-1-4-17(5-2-15)27-7-9-29-10-8-27)26-21-11-19-16(12-24-21)3-6-18(25-19)20-13-23-14-30-20/h3,6,11-15,17H,1-2,4-5,7-10H2,(H,24,26,28). The zero-order valence-corrected chi connectivity index (χ0v) is 16.8. The van der Waals surface area contributed by atoms with Crippen molar-refractivity contribution in [3.8, 4) is 11.5 Å². The van der Waals surface area contributed by atoms with Gasteiger partial charge in [-0.15, -0.1) is 0 Å². The van der Waals surface area contributed by atoms with Crippen LogP contribution in [0.25, 0.3) is 22.4 Å². The predicted molar refractivity (Wildman–Crippen MR) is 112 cm³/mol. The van der Waals surface area contributed by atoms with Gasteiger partial charge in [-0.3, -0.25) is 9.69 Å². The molecule has 1 saturated carbocycles. The fraction of sp³-hybridized carbons (Fsp3) is 0.455. The first-order valence-corrected chi connectivity index (χ1v) is 10.5. The summed E-state index contributed by atoms with van der Waals surface area (Å²) in [6.07, 6.45) is 8.69. The number of amides is 1. The summed E-state index contributed by atoms with van der Waals surface area (Å²) in [6.45, 7) is 3.65. The number of ether oxygens (including phenoxy) is 1. The zero-order chi connectivity index (χ0) is 20.3. The van der Waals surface area contributed by atoms with Gasteiger partial charge in [-0.2, -0.15) is 0 Å². The Morgan fingerprint density at radius 3 is 2.70 bits per heavy atom. The van der Waals surface area contributed by atoms with Gasteiger partial charge in [0.25, 0.3) is 0 Å². The van der Waals surface area contributed by atoms with E-state index in [1.807, 2.05) is 18.2 Å². The number of nitrogens with zero attached hydrogens (tertiary/aromatic N) is 4. The molecule has 30 heavy (non-hydrogen) atoms. The minimum Gasteiger partial charge on any atom is -0.442 e. The molecule has 0 aromatic carbocycles. The number of morpholine rings is 1. The largest absolute Gasteiger partial charge is 0.442 e. The van der Waals surface area contributed by atoms with Crippen LogP contribution in [0.1, 0.15) is 25.7 Å². The Labute approximate surface area is 174 Å². The van der Waals surface area contributed by atoms with Crippen LogP contribution in [0, 0.1) is 5.92 Å². The highest BCUT2D eigenvalue weighted by Gasteiger charge is 2.30. The lowest BCUT2D eigenvalue weighted by molar-refractivity contribution is -0.121. The van der Waals surface area contributed by atoms with Gasteiger partial charge in [0.1, 0.15) is 11.5 Å². The second-order valence-corrected chi connectivity index (χ2v) is 7.97. The van der Waals surface area contributed by atoms with Gasteiger partial charge in [-0.25, -0.2) is 15.0 Å². The molecule has 1 amide bonds. The van der Waals surface area contributed by atoms with E-state index >= 15 is 0 Å². The summed E-state index contributed by atoms with van der Waals surface area (Å²) >= 11 is 0. The molecule has 8 nitrogen and oxygen atoms in total. The fourth-order valence-corrected chi connectivity index (χ4v) is 4.44. The zero-order valence-electron chi connectivity index (χ0n) is 16.8. The summed E-state index contributed by atoms with van der Waals surface area (Å²) in [4.78, 5) is 28.3. The van der Waals surface area contributed by atoms with E-state index in [2.05, 4.69) is 25.2 Å². The highest BCUT2D eigenvalue weighted by atomic mass is 16.5. The van der Waals surface area contributed by atoms with Gasteiger partial charge in [0.05, 0.1) is 24.9 Å². The SMILES string of the molecule is O=C(Nc1cc2nc(-c3cnco3)ccc2cn1)C1CCC(N2CCOCC2)CC1. The number of fused-ring (bicyclic) bond motifs is 1. The summed E-state index contributed by atoms with van der Waals surface area (Å²) in [6, 6.07) is 6.20. The number of carbonyl (C=O) groups excluding carboxylic acids is 1. The van der Waals surface area contributed by atoms with Crippen molar-refractivity contribution in [1.29, 1.82) is 0 Å². The van der Waals surface area contributed by atoms with Crippen molar-refractivity contribution in [3.63, 3.8) is 0 Å². The maximum atomic E-state index is 12.8. The van der Waals surface area contributed by atoms with Crippen LogP contribution in [0.3, 0.4) is 0 Å². The van der Waals surface area contributed by atoms with E-state index in [9.17, 15) is 4.79 Å². The predicted octanol–water partition coefficient (Wildman–Crippen LogP) is 3.11. The highest BCUT2D eigenvalue weighted by molar-refractivity contribution is 5.93. The molecule has 1 aliphatic carbocycles. The van der Waals surface area contributed by atoms with Crippen molar-refractivity contribution in [3.05, 3.63) is 37.0 Å². The van der Waals surface area contributed by atoms with Crippen molar-refractivity contribution in [1.82, 2.24) is 19.9 Å². The fourth-order valence-electron chi connectivity index (χ4n) is 4.44. The molecule has 0 bridgehead atoms. The van der Waals surface area contributed by atoms with Crippen molar-refractivity contribution in [2.75, 3.05) is 31.6 Å². The molecular formula is C22H25N5O3. The van der Waals surface area contributed by atoms with Crippen molar-refractivity contribution in [2.24, 2.45) is 5.92 Å². The van der Waals surface area contributed by atoms with E-state index in [4.69, 9.17) is 9.15 Å². The van der Waals surface area contributed by atoms with E-state index in [0.717, 1.165) is 62.9 Å². The monoisotopic (exact) mass is 407 g/mol. The third-order valence-corrected chi connectivity index (χ3v) is 6.14. The molecule has 0 spiro atoms. The third-order valence-electron chi connectivity index (χ3n) is 6.14. The van der Waals surface area contributed by atoms with E-state index in [1.54, 1.807) is 12.4 Å². The molecule has 1 N–H and O–H groups in total. The second kappa shape index (κ2) is 8.49. The summed E-state index contributed by atoms with van der Waals surface area (Å²) in [5.74, 6) is 1.23. The maximum Gasteiger partial charge on any atom is 0.228 e. The number of hydrogen-bond donors (Lipinski definition) is 1. The Bertz CT molecular complexity index is 1010. The molecule has 1 saturated heterocycles. The summed E-state index contributed by atoms with van der Waals surface area (Å²) < 4.78 is 10.8. The lowest BCUT2D eigenvalue weighted by Gasteiger charge is -2.38. The molecule has 3 aromatic rings. The van der Waals surface area contributed by atoms with Crippen LogP contribution < -0.4 is 5.32 Å². The molecule has 1 aliphatic heterocycles. The van der Waals surface area contributed by atoms with Gasteiger partial charge in [-0.1, -0.05) is 0 Å². The van der Waals surface area contributed by atoms with E-state index in [1.165, 1.54) is 6.39 Å². The first kappa shape index (κ1) is 19.1.